The van der Waals surface area contributed by atoms with E-state index in [-0.39, 0.29) is 5.41 Å². The molecule has 10 rings (SSSR count). The van der Waals surface area contributed by atoms with Gasteiger partial charge in [-0.3, -0.25) is 0 Å². The Balaban J connectivity index is 1.24. The van der Waals surface area contributed by atoms with E-state index in [9.17, 15) is 0 Å². The van der Waals surface area contributed by atoms with Gasteiger partial charge in [0.1, 0.15) is 0 Å². The topological polar surface area (TPSA) is 13.0 Å². The molecule has 9 aromatic carbocycles. The summed E-state index contributed by atoms with van der Waals surface area (Å²) in [6, 6.07) is 87.0. The molecule has 0 spiro atoms. The van der Waals surface area contributed by atoms with Crippen molar-refractivity contribution in [2.75, 3.05) is 19.6 Å². The predicted molar refractivity (Wildman–Crippen MR) is 257 cm³/mol. The van der Waals surface area contributed by atoms with Crippen LogP contribution in [-0.4, -0.2) is 0 Å². The van der Waals surface area contributed by atoms with Crippen molar-refractivity contribution in [2.45, 2.75) is 19.3 Å². The van der Waals surface area contributed by atoms with Crippen LogP contribution >= 0.6 is 0 Å². The molecule has 0 aromatic heterocycles. The van der Waals surface area contributed by atoms with Gasteiger partial charge in [-0.15, -0.1) is 0 Å². The second-order valence-corrected chi connectivity index (χ2v) is 15.9. The van der Waals surface area contributed by atoms with Gasteiger partial charge >= 0.3 is 0 Å². The van der Waals surface area contributed by atoms with Gasteiger partial charge in [-0.25, -0.2) is 0 Å². The number of rotatable bonds is 10. The summed E-state index contributed by atoms with van der Waals surface area (Å²) in [5, 5.41) is 0. The summed E-state index contributed by atoms with van der Waals surface area (Å²) in [5.41, 5.74) is 15.3. The zero-order valence-corrected chi connectivity index (χ0v) is 34.4. The van der Waals surface area contributed by atoms with Crippen LogP contribution in [0.4, 0.5) is 68.2 Å². The van der Waals surface area contributed by atoms with Crippen molar-refractivity contribution in [2.24, 2.45) is 0 Å². The number of hydrogen-bond donors (Lipinski definition) is 0. The van der Waals surface area contributed by atoms with Crippen LogP contribution in [0.1, 0.15) is 25.0 Å². The average Bonchev–Trinajstić information content (AvgIpc) is 3.32. The first-order chi connectivity index (χ1) is 30.0. The van der Waals surface area contributed by atoms with E-state index in [1.165, 1.54) is 11.1 Å². The normalized spacial score (nSPS) is 12.5. The average molecular weight is 787 g/mol. The van der Waals surface area contributed by atoms with E-state index in [1.54, 1.807) is 0 Å². The van der Waals surface area contributed by atoms with Gasteiger partial charge in [0.15, 0.2) is 0 Å². The van der Waals surface area contributed by atoms with Crippen LogP contribution in [0, 0.1) is 0 Å². The van der Waals surface area contributed by atoms with Crippen molar-refractivity contribution >= 4 is 68.2 Å². The Kier molecular flexibility index (Phi) is 9.88. The Hall–Kier alpha value is -7.82. The molecule has 0 fully saturated rings. The lowest BCUT2D eigenvalue weighted by atomic mass is 9.73. The smallest absolute Gasteiger partial charge is 0.0504 e. The predicted octanol–water partition coefficient (Wildman–Crippen LogP) is 16.2. The highest BCUT2D eigenvalue weighted by molar-refractivity contribution is 5.93. The molecule has 0 saturated heterocycles. The number of fused-ring (bicyclic) bond motifs is 2. The molecule has 0 unspecified atom stereocenters. The lowest BCUT2D eigenvalue weighted by Gasteiger charge is -2.43. The van der Waals surface area contributed by atoms with Crippen molar-refractivity contribution in [1.82, 2.24) is 0 Å². The molecule has 9 aromatic rings. The molecule has 0 atom stereocenters. The van der Waals surface area contributed by atoms with Crippen LogP contribution in [-0.2, 0) is 5.41 Å². The van der Waals surface area contributed by atoms with Gasteiger partial charge in [0.2, 0.25) is 0 Å². The summed E-state index contributed by atoms with van der Waals surface area (Å²) in [6.45, 7) is 4.73. The molecule has 4 heteroatoms. The number of para-hydroxylation sites is 7. The fourth-order valence-corrected chi connectivity index (χ4v) is 8.88. The standard InChI is InChI=1S/C57H46N4/c1-57(2)53-35-21-22-36-55(53)61(56-38-37-49(42-54(56)57)58(43-23-9-3-10-24-43)44-25-11-4-12-26-44)52-40-50(59(45-27-13-5-14-28-45)46-29-15-6-16-30-46)39-51(41-52)60(47-31-17-7-18-32-47)48-33-19-8-20-34-48/h3-42H,1-2H3. The van der Waals surface area contributed by atoms with Crippen LogP contribution in [0.2, 0.25) is 0 Å². The van der Waals surface area contributed by atoms with Gasteiger partial charge in [-0.2, -0.15) is 0 Å². The molecule has 0 bridgehead atoms. The molecule has 61 heavy (non-hydrogen) atoms. The van der Waals surface area contributed by atoms with Crippen molar-refractivity contribution in [3.63, 3.8) is 0 Å². The first-order valence-electron chi connectivity index (χ1n) is 20.9. The minimum atomic E-state index is -0.307. The lowest BCUT2D eigenvalue weighted by molar-refractivity contribution is 0.632. The first-order valence-corrected chi connectivity index (χ1v) is 20.9. The van der Waals surface area contributed by atoms with Gasteiger partial charge in [-0.05, 0) is 126 Å². The molecule has 0 N–H and O–H groups in total. The zero-order chi connectivity index (χ0) is 41.2. The molecule has 0 radical (unpaired) electrons. The number of hydrogen-bond acceptors (Lipinski definition) is 4. The third-order valence-corrected chi connectivity index (χ3v) is 11.7. The van der Waals surface area contributed by atoms with E-state index in [1.807, 2.05) is 0 Å². The maximum atomic E-state index is 2.48. The summed E-state index contributed by atoms with van der Waals surface area (Å²) in [5.74, 6) is 0. The number of nitrogens with zero attached hydrogens (tertiary/aromatic N) is 4. The van der Waals surface area contributed by atoms with E-state index < -0.39 is 0 Å². The van der Waals surface area contributed by atoms with E-state index in [0.29, 0.717) is 0 Å². The van der Waals surface area contributed by atoms with Crippen LogP contribution in [0.5, 0.6) is 0 Å². The molecule has 1 aliphatic rings. The highest BCUT2D eigenvalue weighted by atomic mass is 15.2. The molecule has 0 amide bonds. The Morgan fingerprint density at radius 3 is 1.00 bits per heavy atom. The molecule has 4 nitrogen and oxygen atoms in total. The quantitative estimate of drug-likeness (QED) is 0.137. The van der Waals surface area contributed by atoms with E-state index in [0.717, 1.165) is 68.2 Å². The summed E-state index contributed by atoms with van der Waals surface area (Å²) < 4.78 is 0. The maximum Gasteiger partial charge on any atom is 0.0504 e. The minimum absolute atomic E-state index is 0.307. The lowest BCUT2D eigenvalue weighted by Crippen LogP contribution is -2.31. The summed E-state index contributed by atoms with van der Waals surface area (Å²) in [6.07, 6.45) is 0. The van der Waals surface area contributed by atoms with Crippen molar-refractivity contribution in [3.05, 3.63) is 254 Å². The highest BCUT2D eigenvalue weighted by Crippen LogP contribution is 2.55. The summed E-state index contributed by atoms with van der Waals surface area (Å²) >= 11 is 0. The Bertz CT molecular complexity index is 2660. The van der Waals surface area contributed by atoms with Gasteiger partial charge in [0.25, 0.3) is 0 Å². The molecule has 0 aliphatic carbocycles. The number of anilines is 12. The van der Waals surface area contributed by atoms with Crippen molar-refractivity contribution < 1.29 is 0 Å². The summed E-state index contributed by atoms with van der Waals surface area (Å²) in [4.78, 5) is 9.56. The van der Waals surface area contributed by atoms with Gasteiger partial charge in [0, 0.05) is 45.2 Å². The minimum Gasteiger partial charge on any atom is -0.310 e. The first kappa shape index (κ1) is 37.5. The van der Waals surface area contributed by atoms with Crippen LogP contribution in [0.25, 0.3) is 0 Å². The largest absolute Gasteiger partial charge is 0.310 e. The third kappa shape index (κ3) is 7.08. The zero-order valence-electron chi connectivity index (χ0n) is 34.4. The van der Waals surface area contributed by atoms with E-state index in [4.69, 9.17) is 0 Å². The van der Waals surface area contributed by atoms with Gasteiger partial charge < -0.3 is 19.6 Å². The SMILES string of the molecule is CC1(C)c2ccccc2N(c2cc(N(c3ccccc3)c3ccccc3)cc(N(c3ccccc3)c3ccccc3)c2)c2ccc(N(c3ccccc3)c3ccccc3)cc21. The molecule has 294 valence electrons. The third-order valence-electron chi connectivity index (χ3n) is 11.7. The number of benzene rings is 9. The van der Waals surface area contributed by atoms with Crippen LogP contribution < -0.4 is 19.6 Å². The second kappa shape index (κ2) is 16.1. The second-order valence-electron chi connectivity index (χ2n) is 15.9. The maximum absolute atomic E-state index is 2.48. The molecular weight excluding hydrogens is 741 g/mol. The van der Waals surface area contributed by atoms with E-state index in [2.05, 4.69) is 276 Å². The molecule has 1 heterocycles. The Labute approximate surface area is 359 Å². The Morgan fingerprint density at radius 2 is 0.607 bits per heavy atom. The molecular formula is C57H46N4. The molecule has 0 saturated carbocycles. The van der Waals surface area contributed by atoms with Crippen molar-refractivity contribution in [1.29, 1.82) is 0 Å². The summed E-state index contributed by atoms with van der Waals surface area (Å²) in [7, 11) is 0. The highest BCUT2D eigenvalue weighted by Gasteiger charge is 2.38. The monoisotopic (exact) mass is 786 g/mol. The molecule has 1 aliphatic heterocycles. The van der Waals surface area contributed by atoms with Crippen molar-refractivity contribution in [3.8, 4) is 0 Å². The van der Waals surface area contributed by atoms with Crippen LogP contribution in [0.15, 0.2) is 243 Å². The van der Waals surface area contributed by atoms with E-state index >= 15 is 0 Å². The fourth-order valence-electron chi connectivity index (χ4n) is 8.88. The fraction of sp³-hybridized carbons (Fsp3) is 0.0526. The Morgan fingerprint density at radius 1 is 0.279 bits per heavy atom. The van der Waals surface area contributed by atoms with Crippen LogP contribution in [0.3, 0.4) is 0 Å². The van der Waals surface area contributed by atoms with Gasteiger partial charge in [-0.1, -0.05) is 141 Å². The van der Waals surface area contributed by atoms with Gasteiger partial charge in [0.05, 0.1) is 28.4 Å².